The van der Waals surface area contributed by atoms with Crippen molar-refractivity contribution in [2.75, 3.05) is 4.90 Å². The highest BCUT2D eigenvalue weighted by atomic mass is 35.5. The topological polar surface area (TPSA) is 72.4 Å². The summed E-state index contributed by atoms with van der Waals surface area (Å²) in [5.74, 6) is -0.959. The second-order valence-electron chi connectivity index (χ2n) is 6.20. The predicted octanol–water partition coefficient (Wildman–Crippen LogP) is 4.02. The Labute approximate surface area is 149 Å². The van der Waals surface area contributed by atoms with Gasteiger partial charge in [-0.05, 0) is 45.0 Å². The summed E-state index contributed by atoms with van der Waals surface area (Å²) < 4.78 is 19.2. The molecule has 6 nitrogen and oxygen atoms in total. The number of nitrogens with zero attached hydrogens (tertiary/aromatic N) is 3. The van der Waals surface area contributed by atoms with Gasteiger partial charge in [-0.1, -0.05) is 11.6 Å². The third kappa shape index (κ3) is 5.22. The van der Waals surface area contributed by atoms with Crippen molar-refractivity contribution in [2.24, 2.45) is 0 Å². The summed E-state index contributed by atoms with van der Waals surface area (Å²) in [5, 5.41) is 0.451. The Morgan fingerprint density at radius 2 is 2.04 bits per heavy atom. The molecule has 0 unspecified atom stereocenters. The zero-order valence-electron chi connectivity index (χ0n) is 14.0. The molecule has 0 saturated carbocycles. The van der Waals surface area contributed by atoms with Gasteiger partial charge in [0.15, 0.2) is 6.29 Å². The molecule has 2 heterocycles. The Bertz CT molecular complexity index is 776. The lowest BCUT2D eigenvalue weighted by Crippen LogP contribution is -2.37. The highest BCUT2D eigenvalue weighted by molar-refractivity contribution is 6.30. The molecule has 2 rings (SSSR count). The highest BCUT2D eigenvalue weighted by Gasteiger charge is 2.25. The molecule has 0 radical (unpaired) electrons. The van der Waals surface area contributed by atoms with Crippen LogP contribution in [-0.4, -0.2) is 27.9 Å². The normalized spacial score (nSPS) is 11.1. The van der Waals surface area contributed by atoms with Gasteiger partial charge in [-0.15, -0.1) is 0 Å². The van der Waals surface area contributed by atoms with E-state index >= 15 is 0 Å². The maximum absolute atomic E-state index is 13.8. The molecular weight excluding hydrogens is 349 g/mol. The number of carbonyl (C=O) groups is 2. The second-order valence-corrected chi connectivity index (χ2v) is 6.64. The molecule has 0 spiro atoms. The number of hydrogen-bond donors (Lipinski definition) is 0. The van der Waals surface area contributed by atoms with Gasteiger partial charge in [0.2, 0.25) is 5.95 Å². The van der Waals surface area contributed by atoms with Crippen molar-refractivity contribution in [1.82, 2.24) is 9.97 Å². The lowest BCUT2D eigenvalue weighted by atomic mass is 10.2. The van der Waals surface area contributed by atoms with E-state index in [1.165, 1.54) is 18.3 Å². The minimum atomic E-state index is -0.967. The average Bonchev–Trinajstić information content (AvgIpc) is 2.52. The van der Waals surface area contributed by atoms with Gasteiger partial charge in [0.25, 0.3) is 0 Å². The molecule has 0 atom stereocenters. The molecule has 0 fully saturated rings. The number of carbonyl (C=O) groups excluding carboxylic acids is 2. The van der Waals surface area contributed by atoms with Crippen LogP contribution in [0, 0.1) is 5.95 Å². The molecule has 2 aromatic heterocycles. The van der Waals surface area contributed by atoms with E-state index in [1.807, 2.05) is 0 Å². The van der Waals surface area contributed by atoms with E-state index in [0.717, 1.165) is 4.90 Å². The van der Waals surface area contributed by atoms with Gasteiger partial charge in [-0.3, -0.25) is 14.7 Å². The van der Waals surface area contributed by atoms with Crippen molar-refractivity contribution in [2.45, 2.75) is 32.9 Å². The van der Waals surface area contributed by atoms with E-state index < -0.39 is 17.6 Å². The zero-order valence-corrected chi connectivity index (χ0v) is 14.7. The Hall–Kier alpha value is -2.54. The van der Waals surface area contributed by atoms with Crippen LogP contribution in [0.4, 0.5) is 15.0 Å². The molecule has 0 saturated heterocycles. The highest BCUT2D eigenvalue weighted by Crippen LogP contribution is 2.20. The maximum atomic E-state index is 13.8. The van der Waals surface area contributed by atoms with E-state index in [9.17, 15) is 14.0 Å². The number of rotatable bonds is 4. The third-order valence-corrected chi connectivity index (χ3v) is 3.21. The van der Waals surface area contributed by atoms with Crippen molar-refractivity contribution < 1.29 is 18.7 Å². The monoisotopic (exact) mass is 365 g/mol. The molecule has 132 valence electrons. The van der Waals surface area contributed by atoms with E-state index in [1.54, 1.807) is 32.9 Å². The Morgan fingerprint density at radius 3 is 2.56 bits per heavy atom. The van der Waals surface area contributed by atoms with Crippen LogP contribution in [0.3, 0.4) is 0 Å². The fourth-order valence-corrected chi connectivity index (χ4v) is 2.00. The van der Waals surface area contributed by atoms with Crippen LogP contribution in [0.5, 0.6) is 0 Å². The summed E-state index contributed by atoms with van der Waals surface area (Å²) in [6.45, 7) is 5.15. The summed E-state index contributed by atoms with van der Waals surface area (Å²) in [5.41, 5.74) is -0.432. The van der Waals surface area contributed by atoms with E-state index in [0.29, 0.717) is 17.0 Å². The first-order valence-corrected chi connectivity index (χ1v) is 7.80. The largest absolute Gasteiger partial charge is 0.443 e. The van der Waals surface area contributed by atoms with E-state index in [-0.39, 0.29) is 17.9 Å². The van der Waals surface area contributed by atoms with Crippen LogP contribution < -0.4 is 4.90 Å². The third-order valence-electron chi connectivity index (χ3n) is 2.99. The summed E-state index contributed by atoms with van der Waals surface area (Å²) in [6, 6.07) is 5.88. The smallest absolute Gasteiger partial charge is 0.416 e. The van der Waals surface area contributed by atoms with Gasteiger partial charge in [0.1, 0.15) is 11.4 Å². The first-order chi connectivity index (χ1) is 11.7. The number of ether oxygens (including phenoxy) is 1. The molecule has 25 heavy (non-hydrogen) atoms. The second kappa shape index (κ2) is 7.57. The molecular formula is C17H17ClFN3O3. The average molecular weight is 366 g/mol. The predicted molar refractivity (Wildman–Crippen MR) is 91.2 cm³/mol. The summed E-state index contributed by atoms with van der Waals surface area (Å²) >= 11 is 5.81. The number of amides is 1. The number of aldehydes is 1. The molecule has 0 N–H and O–H groups in total. The summed E-state index contributed by atoms with van der Waals surface area (Å²) in [6.07, 6.45) is 1.08. The molecule has 0 aliphatic carbocycles. The standard InChI is InChI=1S/C17H17ClFN3O3/c1-17(2,3)25-16(24)22(9-13-6-5-12(18)8-20-13)14-7-4-11(10-23)15(19)21-14/h4-8,10H,9H2,1-3H3. The van der Waals surface area contributed by atoms with Crippen LogP contribution in [0.1, 0.15) is 36.8 Å². The van der Waals surface area contributed by atoms with Crippen LogP contribution in [0.2, 0.25) is 5.02 Å². The Morgan fingerprint density at radius 1 is 1.32 bits per heavy atom. The van der Waals surface area contributed by atoms with Crippen molar-refractivity contribution in [1.29, 1.82) is 0 Å². The maximum Gasteiger partial charge on any atom is 0.416 e. The molecule has 0 aliphatic rings. The molecule has 8 heteroatoms. The minimum Gasteiger partial charge on any atom is -0.443 e. The van der Waals surface area contributed by atoms with Gasteiger partial charge in [0, 0.05) is 6.20 Å². The molecule has 0 aromatic carbocycles. The van der Waals surface area contributed by atoms with Crippen LogP contribution in [0.25, 0.3) is 0 Å². The lowest BCUT2D eigenvalue weighted by molar-refractivity contribution is 0.0575. The Kier molecular flexibility index (Phi) is 5.69. The first kappa shape index (κ1) is 18.8. The van der Waals surface area contributed by atoms with E-state index in [2.05, 4.69) is 9.97 Å². The van der Waals surface area contributed by atoms with Crippen LogP contribution in [-0.2, 0) is 11.3 Å². The van der Waals surface area contributed by atoms with Gasteiger partial charge in [-0.25, -0.2) is 9.78 Å². The van der Waals surface area contributed by atoms with Gasteiger partial charge in [-0.2, -0.15) is 4.39 Å². The molecule has 2 aromatic rings. The quantitative estimate of drug-likeness (QED) is 0.604. The molecule has 0 bridgehead atoms. The number of pyridine rings is 2. The summed E-state index contributed by atoms with van der Waals surface area (Å²) in [7, 11) is 0. The lowest BCUT2D eigenvalue weighted by Gasteiger charge is -2.26. The minimum absolute atomic E-state index is 0.00103. The molecule has 1 amide bonds. The van der Waals surface area contributed by atoms with Crippen LogP contribution in [0.15, 0.2) is 30.5 Å². The van der Waals surface area contributed by atoms with Crippen molar-refractivity contribution in [3.05, 3.63) is 52.7 Å². The fraction of sp³-hybridized carbons (Fsp3) is 0.294. The first-order valence-electron chi connectivity index (χ1n) is 7.42. The van der Waals surface area contributed by atoms with Crippen molar-refractivity contribution in [3.8, 4) is 0 Å². The van der Waals surface area contributed by atoms with Gasteiger partial charge < -0.3 is 4.74 Å². The SMILES string of the molecule is CC(C)(C)OC(=O)N(Cc1ccc(Cl)cn1)c1ccc(C=O)c(F)n1. The number of hydrogen-bond acceptors (Lipinski definition) is 5. The number of anilines is 1. The van der Waals surface area contributed by atoms with Gasteiger partial charge in [0.05, 0.1) is 22.8 Å². The number of halogens is 2. The van der Waals surface area contributed by atoms with Crippen molar-refractivity contribution in [3.63, 3.8) is 0 Å². The van der Waals surface area contributed by atoms with Crippen LogP contribution >= 0.6 is 11.6 Å². The van der Waals surface area contributed by atoms with E-state index in [4.69, 9.17) is 16.3 Å². The zero-order chi connectivity index (χ0) is 18.6. The summed E-state index contributed by atoms with van der Waals surface area (Å²) in [4.78, 5) is 32.2. The van der Waals surface area contributed by atoms with Crippen molar-refractivity contribution >= 4 is 29.8 Å². The fourth-order valence-electron chi connectivity index (χ4n) is 1.89. The Balaban J connectivity index is 2.37. The number of aromatic nitrogens is 2. The molecule has 0 aliphatic heterocycles. The van der Waals surface area contributed by atoms with Gasteiger partial charge >= 0.3 is 6.09 Å².